The highest BCUT2D eigenvalue weighted by molar-refractivity contribution is 5.77. The Morgan fingerprint density at radius 1 is 1.13 bits per heavy atom. The van der Waals surface area contributed by atoms with Crippen molar-refractivity contribution in [3.63, 3.8) is 0 Å². The van der Waals surface area contributed by atoms with Gasteiger partial charge in [-0.1, -0.05) is 30.3 Å². The Morgan fingerprint density at radius 3 is 2.63 bits per heavy atom. The molecule has 4 fully saturated rings. The van der Waals surface area contributed by atoms with Crippen LogP contribution >= 0.6 is 0 Å². The topological polar surface area (TPSA) is 51.2 Å². The zero-order valence-corrected chi connectivity index (χ0v) is 17.8. The first-order valence-corrected chi connectivity index (χ1v) is 11.7. The summed E-state index contributed by atoms with van der Waals surface area (Å²) in [4.78, 5) is 18.5. The Labute approximate surface area is 179 Å². The SMILES string of the molecule is O=C(OCc1ccccc1)[C@H]([C@@H]1CCCO1)N1CCC[C@]12CCCN(C1COC1)C2. The Bertz CT molecular complexity index is 719. The third kappa shape index (κ3) is 4.03. The molecular formula is C24H34N2O4. The molecule has 4 aliphatic rings. The van der Waals surface area contributed by atoms with E-state index in [0.29, 0.717) is 12.6 Å². The second-order valence-corrected chi connectivity index (χ2v) is 9.38. The number of piperidine rings is 1. The molecule has 4 heterocycles. The summed E-state index contributed by atoms with van der Waals surface area (Å²) in [6.07, 6.45) is 6.57. The molecule has 0 aliphatic carbocycles. The highest BCUT2D eigenvalue weighted by Gasteiger charge is 2.52. The van der Waals surface area contributed by atoms with Crippen LogP contribution < -0.4 is 0 Å². The van der Waals surface area contributed by atoms with Crippen molar-refractivity contribution >= 4 is 5.97 Å². The van der Waals surface area contributed by atoms with E-state index in [0.717, 1.165) is 77.1 Å². The standard InChI is InChI=1S/C24H34N2O4/c27-23(30-15-19-7-2-1-3-8-19)22(21-9-4-14-29-21)26-13-6-11-24(26)10-5-12-25(18-24)20-16-28-17-20/h1-3,7-8,20-22H,4-6,9-18H2/t21-,22-,24-/m0/s1. The van der Waals surface area contributed by atoms with Gasteiger partial charge in [0.1, 0.15) is 12.6 Å². The first-order valence-electron chi connectivity index (χ1n) is 11.7. The molecule has 0 radical (unpaired) electrons. The van der Waals surface area contributed by atoms with Gasteiger partial charge in [0.2, 0.25) is 0 Å². The van der Waals surface area contributed by atoms with Crippen LogP contribution in [-0.4, -0.2) is 79.0 Å². The summed E-state index contributed by atoms with van der Waals surface area (Å²) in [5.74, 6) is -0.115. The van der Waals surface area contributed by atoms with Gasteiger partial charge in [0.05, 0.1) is 25.4 Å². The van der Waals surface area contributed by atoms with Crippen molar-refractivity contribution in [1.82, 2.24) is 9.80 Å². The Hall–Kier alpha value is -1.47. The maximum Gasteiger partial charge on any atom is 0.326 e. The van der Waals surface area contributed by atoms with E-state index in [4.69, 9.17) is 14.2 Å². The van der Waals surface area contributed by atoms with Crippen LogP contribution in [0.15, 0.2) is 30.3 Å². The number of esters is 1. The molecule has 1 aromatic carbocycles. The second-order valence-electron chi connectivity index (χ2n) is 9.38. The second kappa shape index (κ2) is 8.95. The molecule has 30 heavy (non-hydrogen) atoms. The predicted octanol–water partition coefficient (Wildman–Crippen LogP) is 2.61. The van der Waals surface area contributed by atoms with Crippen LogP contribution in [-0.2, 0) is 25.6 Å². The largest absolute Gasteiger partial charge is 0.460 e. The van der Waals surface area contributed by atoms with Gasteiger partial charge in [-0.05, 0) is 57.2 Å². The minimum atomic E-state index is -0.295. The molecule has 6 nitrogen and oxygen atoms in total. The number of benzene rings is 1. The number of hydrogen-bond donors (Lipinski definition) is 0. The zero-order valence-electron chi connectivity index (χ0n) is 17.8. The first kappa shape index (κ1) is 20.4. The van der Waals surface area contributed by atoms with Crippen LogP contribution in [0.1, 0.15) is 44.1 Å². The summed E-state index contributed by atoms with van der Waals surface area (Å²) in [6.45, 7) is 5.92. The molecule has 3 atom stereocenters. The Kier molecular flexibility index (Phi) is 6.10. The molecule has 0 amide bonds. The lowest BCUT2D eigenvalue weighted by atomic mass is 9.84. The molecule has 0 saturated carbocycles. The van der Waals surface area contributed by atoms with Crippen LogP contribution in [0.5, 0.6) is 0 Å². The molecule has 0 unspecified atom stereocenters. The molecule has 1 spiro atoms. The predicted molar refractivity (Wildman–Crippen MR) is 113 cm³/mol. The van der Waals surface area contributed by atoms with E-state index in [-0.39, 0.29) is 23.7 Å². The molecule has 0 bridgehead atoms. The van der Waals surface area contributed by atoms with Gasteiger partial charge in [-0.25, -0.2) is 0 Å². The third-order valence-electron chi connectivity index (χ3n) is 7.49. The summed E-state index contributed by atoms with van der Waals surface area (Å²) in [6, 6.07) is 10.2. The Balaban J connectivity index is 1.34. The van der Waals surface area contributed by atoms with Crippen LogP contribution in [0.3, 0.4) is 0 Å². The van der Waals surface area contributed by atoms with Gasteiger partial charge in [0, 0.05) is 18.7 Å². The molecule has 5 rings (SSSR count). The van der Waals surface area contributed by atoms with Gasteiger partial charge < -0.3 is 14.2 Å². The van der Waals surface area contributed by atoms with Gasteiger partial charge in [-0.15, -0.1) is 0 Å². The average Bonchev–Trinajstić information content (AvgIpc) is 3.38. The molecule has 1 aromatic rings. The summed E-state index contributed by atoms with van der Waals surface area (Å²) < 4.78 is 17.4. The quantitative estimate of drug-likeness (QED) is 0.667. The minimum Gasteiger partial charge on any atom is -0.460 e. The van der Waals surface area contributed by atoms with Crippen molar-refractivity contribution in [2.24, 2.45) is 0 Å². The van der Waals surface area contributed by atoms with Crippen LogP contribution in [0, 0.1) is 0 Å². The first-order chi connectivity index (χ1) is 14.8. The highest BCUT2D eigenvalue weighted by Crippen LogP contribution is 2.41. The fourth-order valence-electron chi connectivity index (χ4n) is 5.87. The molecule has 4 aliphatic heterocycles. The van der Waals surface area contributed by atoms with Crippen molar-refractivity contribution in [2.45, 2.75) is 68.9 Å². The van der Waals surface area contributed by atoms with Crippen molar-refractivity contribution in [3.8, 4) is 0 Å². The number of ether oxygens (including phenoxy) is 3. The fraction of sp³-hybridized carbons (Fsp3) is 0.708. The number of carbonyl (C=O) groups is 1. The number of hydrogen-bond acceptors (Lipinski definition) is 6. The van der Waals surface area contributed by atoms with Crippen LogP contribution in [0.4, 0.5) is 0 Å². The fourth-order valence-corrected chi connectivity index (χ4v) is 5.87. The smallest absolute Gasteiger partial charge is 0.326 e. The normalized spacial score (nSPS) is 31.7. The summed E-state index contributed by atoms with van der Waals surface area (Å²) >= 11 is 0. The van der Waals surface area contributed by atoms with E-state index in [2.05, 4.69) is 9.80 Å². The van der Waals surface area contributed by atoms with E-state index in [1.54, 1.807) is 0 Å². The van der Waals surface area contributed by atoms with Crippen molar-refractivity contribution in [1.29, 1.82) is 0 Å². The lowest BCUT2D eigenvalue weighted by Gasteiger charge is -2.51. The minimum absolute atomic E-state index is 0.0503. The molecule has 164 valence electrons. The van der Waals surface area contributed by atoms with E-state index < -0.39 is 0 Å². The monoisotopic (exact) mass is 414 g/mol. The van der Waals surface area contributed by atoms with Crippen molar-refractivity contribution in [3.05, 3.63) is 35.9 Å². The van der Waals surface area contributed by atoms with Crippen LogP contribution in [0.25, 0.3) is 0 Å². The molecule has 0 aromatic heterocycles. The maximum atomic E-state index is 13.4. The summed E-state index contributed by atoms with van der Waals surface area (Å²) in [7, 11) is 0. The number of likely N-dealkylation sites (tertiary alicyclic amines) is 2. The van der Waals surface area contributed by atoms with Crippen molar-refractivity contribution in [2.75, 3.05) is 39.5 Å². The average molecular weight is 415 g/mol. The van der Waals surface area contributed by atoms with Gasteiger partial charge in [0.25, 0.3) is 0 Å². The van der Waals surface area contributed by atoms with Gasteiger partial charge >= 0.3 is 5.97 Å². The van der Waals surface area contributed by atoms with Crippen LogP contribution in [0.2, 0.25) is 0 Å². The molecule has 0 N–H and O–H groups in total. The van der Waals surface area contributed by atoms with Crippen molar-refractivity contribution < 1.29 is 19.0 Å². The maximum absolute atomic E-state index is 13.4. The van der Waals surface area contributed by atoms with E-state index in [1.165, 1.54) is 6.42 Å². The Morgan fingerprint density at radius 2 is 1.93 bits per heavy atom. The zero-order chi connectivity index (χ0) is 20.4. The molecular weight excluding hydrogens is 380 g/mol. The number of carbonyl (C=O) groups excluding carboxylic acids is 1. The van der Waals surface area contributed by atoms with E-state index in [9.17, 15) is 4.79 Å². The van der Waals surface area contributed by atoms with Gasteiger partial charge in [-0.2, -0.15) is 0 Å². The molecule has 4 saturated heterocycles. The highest BCUT2D eigenvalue weighted by atomic mass is 16.5. The van der Waals surface area contributed by atoms with E-state index >= 15 is 0 Å². The lowest BCUT2D eigenvalue weighted by molar-refractivity contribution is -0.162. The molecule has 6 heteroatoms. The lowest BCUT2D eigenvalue weighted by Crippen LogP contribution is -2.65. The number of nitrogens with zero attached hydrogens (tertiary/aromatic N) is 2. The van der Waals surface area contributed by atoms with Gasteiger partial charge in [0.15, 0.2) is 0 Å². The third-order valence-corrected chi connectivity index (χ3v) is 7.49. The summed E-state index contributed by atoms with van der Waals surface area (Å²) in [5.41, 5.74) is 1.10. The van der Waals surface area contributed by atoms with E-state index in [1.807, 2.05) is 30.3 Å². The van der Waals surface area contributed by atoms with Gasteiger partial charge in [-0.3, -0.25) is 14.6 Å². The summed E-state index contributed by atoms with van der Waals surface area (Å²) in [5, 5.41) is 0. The number of rotatable bonds is 6.